The van der Waals surface area contributed by atoms with Crippen LogP contribution in [0.3, 0.4) is 0 Å². The Morgan fingerprint density at radius 3 is 2.30 bits per heavy atom. The number of nitrogens with one attached hydrogen (secondary N) is 2. The second kappa shape index (κ2) is 12.4. The average molecular weight is 525 g/mol. The topological polar surface area (TPSA) is 60.0 Å². The highest BCUT2D eigenvalue weighted by atomic mass is 127. The first-order valence-electron chi connectivity index (χ1n) is 10.00. The summed E-state index contributed by atoms with van der Waals surface area (Å²) < 4.78 is 13.0. The number of anilines is 1. The van der Waals surface area contributed by atoms with E-state index in [1.54, 1.807) is 12.1 Å². The lowest BCUT2D eigenvalue weighted by Crippen LogP contribution is -2.52. The van der Waals surface area contributed by atoms with E-state index < -0.39 is 0 Å². The molecule has 8 heteroatoms. The van der Waals surface area contributed by atoms with Gasteiger partial charge in [-0.15, -0.1) is 24.0 Å². The minimum absolute atomic E-state index is 0. The highest BCUT2D eigenvalue weighted by Gasteiger charge is 2.21. The Bertz CT molecular complexity index is 808. The van der Waals surface area contributed by atoms with Gasteiger partial charge in [0.25, 0.3) is 0 Å². The fourth-order valence-electron chi connectivity index (χ4n) is 3.23. The molecule has 1 saturated heterocycles. The molecule has 0 bridgehead atoms. The van der Waals surface area contributed by atoms with Crippen molar-refractivity contribution in [1.29, 1.82) is 0 Å². The van der Waals surface area contributed by atoms with Gasteiger partial charge in [-0.2, -0.15) is 0 Å². The molecule has 0 radical (unpaired) electrons. The third-order valence-electron chi connectivity index (χ3n) is 4.84. The quantitative estimate of drug-likeness (QED) is 0.346. The molecule has 0 saturated carbocycles. The van der Waals surface area contributed by atoms with E-state index >= 15 is 0 Å². The molecule has 162 valence electrons. The first-order chi connectivity index (χ1) is 14.2. The van der Waals surface area contributed by atoms with Gasteiger partial charge in [-0.25, -0.2) is 9.38 Å². The maximum absolute atomic E-state index is 13.0. The number of hydrogen-bond acceptors (Lipinski definition) is 3. The van der Waals surface area contributed by atoms with Gasteiger partial charge in [-0.1, -0.05) is 30.3 Å². The highest BCUT2D eigenvalue weighted by Crippen LogP contribution is 2.15. The van der Waals surface area contributed by atoms with E-state index in [0.29, 0.717) is 32.1 Å². The van der Waals surface area contributed by atoms with Gasteiger partial charge in [0.05, 0.1) is 13.1 Å². The van der Waals surface area contributed by atoms with Crippen molar-refractivity contribution in [2.75, 3.05) is 44.2 Å². The normalized spacial score (nSPS) is 14.1. The fourth-order valence-corrected chi connectivity index (χ4v) is 3.23. The molecule has 1 heterocycles. The van der Waals surface area contributed by atoms with Crippen LogP contribution in [0.2, 0.25) is 0 Å². The van der Waals surface area contributed by atoms with Crippen molar-refractivity contribution < 1.29 is 9.18 Å². The van der Waals surface area contributed by atoms with Gasteiger partial charge < -0.3 is 20.4 Å². The number of rotatable bonds is 6. The van der Waals surface area contributed by atoms with E-state index in [0.717, 1.165) is 18.7 Å². The number of piperazine rings is 1. The van der Waals surface area contributed by atoms with Crippen LogP contribution in [0.1, 0.15) is 12.5 Å². The SMILES string of the molecule is CCNC(=NCc1ccc(F)cc1)NCC(=O)N1CCN(c2ccccc2)CC1.I. The Kier molecular flexibility index (Phi) is 9.85. The predicted molar refractivity (Wildman–Crippen MR) is 130 cm³/mol. The fraction of sp³-hybridized carbons (Fsp3) is 0.364. The predicted octanol–water partition coefficient (Wildman–Crippen LogP) is 2.85. The minimum atomic E-state index is -0.263. The number of guanidine groups is 1. The Morgan fingerprint density at radius 1 is 1.00 bits per heavy atom. The molecule has 1 aliphatic rings. The molecule has 2 aromatic carbocycles. The summed E-state index contributed by atoms with van der Waals surface area (Å²) in [4.78, 5) is 21.2. The van der Waals surface area contributed by atoms with Gasteiger partial charge in [0, 0.05) is 38.4 Å². The van der Waals surface area contributed by atoms with E-state index in [9.17, 15) is 9.18 Å². The van der Waals surface area contributed by atoms with E-state index in [4.69, 9.17) is 0 Å². The summed E-state index contributed by atoms with van der Waals surface area (Å²) in [5, 5.41) is 6.24. The summed E-state index contributed by atoms with van der Waals surface area (Å²) >= 11 is 0. The van der Waals surface area contributed by atoms with Crippen LogP contribution >= 0.6 is 24.0 Å². The maximum atomic E-state index is 13.0. The number of carbonyl (C=O) groups is 1. The molecule has 0 aliphatic carbocycles. The van der Waals surface area contributed by atoms with Gasteiger partial charge in [0.15, 0.2) is 5.96 Å². The standard InChI is InChI=1S/C22H28FN5O.HI/c1-2-24-22(25-16-18-8-10-19(23)11-9-18)26-17-21(29)28-14-12-27(13-15-28)20-6-4-3-5-7-20;/h3-11H,2,12-17H2,1H3,(H2,24,25,26);1H. The van der Waals surface area contributed by atoms with Gasteiger partial charge in [0.2, 0.25) is 5.91 Å². The molecular formula is C22H29FIN5O. The van der Waals surface area contributed by atoms with Crippen molar-refractivity contribution in [3.05, 3.63) is 66.0 Å². The summed E-state index contributed by atoms with van der Waals surface area (Å²) in [6.07, 6.45) is 0. The van der Waals surface area contributed by atoms with Crippen LogP contribution in [0, 0.1) is 5.82 Å². The first kappa shape index (κ1) is 23.9. The number of hydrogen-bond donors (Lipinski definition) is 2. The smallest absolute Gasteiger partial charge is 0.242 e. The third kappa shape index (κ3) is 7.16. The number of aliphatic imine (C=N–C) groups is 1. The second-order valence-corrected chi connectivity index (χ2v) is 6.88. The van der Waals surface area contributed by atoms with E-state index in [2.05, 4.69) is 32.7 Å². The third-order valence-corrected chi connectivity index (χ3v) is 4.84. The van der Waals surface area contributed by atoms with Crippen molar-refractivity contribution >= 4 is 41.5 Å². The van der Waals surface area contributed by atoms with Crippen molar-refractivity contribution in [3.8, 4) is 0 Å². The van der Waals surface area contributed by atoms with Crippen molar-refractivity contribution in [2.24, 2.45) is 4.99 Å². The lowest BCUT2D eigenvalue weighted by molar-refractivity contribution is -0.130. The molecule has 3 rings (SSSR count). The lowest BCUT2D eigenvalue weighted by atomic mass is 10.2. The molecule has 6 nitrogen and oxygen atoms in total. The Morgan fingerprint density at radius 2 is 1.67 bits per heavy atom. The summed E-state index contributed by atoms with van der Waals surface area (Å²) in [5.74, 6) is 0.374. The summed E-state index contributed by atoms with van der Waals surface area (Å²) in [7, 11) is 0. The summed E-state index contributed by atoms with van der Waals surface area (Å²) in [6, 6.07) is 16.5. The molecule has 1 amide bonds. The summed E-state index contributed by atoms with van der Waals surface area (Å²) in [5.41, 5.74) is 2.10. The molecule has 0 aromatic heterocycles. The second-order valence-electron chi connectivity index (χ2n) is 6.88. The van der Waals surface area contributed by atoms with Crippen LogP contribution in [0.25, 0.3) is 0 Å². The Balaban J connectivity index is 0.00000320. The van der Waals surface area contributed by atoms with Gasteiger partial charge >= 0.3 is 0 Å². The zero-order chi connectivity index (χ0) is 20.5. The van der Waals surface area contributed by atoms with E-state index in [1.807, 2.05) is 30.0 Å². The van der Waals surface area contributed by atoms with Crippen LogP contribution in [-0.4, -0.2) is 56.0 Å². The maximum Gasteiger partial charge on any atom is 0.242 e. The number of benzene rings is 2. The van der Waals surface area contributed by atoms with Crippen LogP contribution in [0.5, 0.6) is 0 Å². The van der Waals surface area contributed by atoms with E-state index in [-0.39, 0.29) is 42.2 Å². The van der Waals surface area contributed by atoms with Crippen LogP contribution in [0.4, 0.5) is 10.1 Å². The van der Waals surface area contributed by atoms with Crippen LogP contribution in [-0.2, 0) is 11.3 Å². The van der Waals surface area contributed by atoms with Crippen molar-refractivity contribution in [2.45, 2.75) is 13.5 Å². The van der Waals surface area contributed by atoms with Crippen LogP contribution in [0.15, 0.2) is 59.6 Å². The van der Waals surface area contributed by atoms with Gasteiger partial charge in [-0.05, 0) is 36.8 Å². The van der Waals surface area contributed by atoms with Crippen molar-refractivity contribution in [3.63, 3.8) is 0 Å². The molecule has 1 fully saturated rings. The zero-order valence-electron chi connectivity index (χ0n) is 17.2. The van der Waals surface area contributed by atoms with Gasteiger partial charge in [0.1, 0.15) is 5.82 Å². The number of amides is 1. The molecule has 1 aliphatic heterocycles. The number of nitrogens with zero attached hydrogens (tertiary/aromatic N) is 3. The Labute approximate surface area is 194 Å². The van der Waals surface area contributed by atoms with Crippen LogP contribution < -0.4 is 15.5 Å². The molecule has 30 heavy (non-hydrogen) atoms. The lowest BCUT2D eigenvalue weighted by Gasteiger charge is -2.36. The highest BCUT2D eigenvalue weighted by molar-refractivity contribution is 14.0. The molecule has 0 unspecified atom stereocenters. The molecule has 0 atom stereocenters. The summed E-state index contributed by atoms with van der Waals surface area (Å²) in [6.45, 7) is 6.35. The molecule has 2 aromatic rings. The van der Waals surface area contributed by atoms with Gasteiger partial charge in [-0.3, -0.25) is 4.79 Å². The largest absolute Gasteiger partial charge is 0.368 e. The average Bonchev–Trinajstić information content (AvgIpc) is 2.77. The minimum Gasteiger partial charge on any atom is -0.368 e. The number of para-hydroxylation sites is 1. The number of halogens is 2. The monoisotopic (exact) mass is 525 g/mol. The molecule has 2 N–H and O–H groups in total. The molecule has 0 spiro atoms. The Hall–Kier alpha value is -2.36. The van der Waals surface area contributed by atoms with E-state index in [1.165, 1.54) is 17.8 Å². The van der Waals surface area contributed by atoms with Crippen molar-refractivity contribution in [1.82, 2.24) is 15.5 Å². The first-order valence-corrected chi connectivity index (χ1v) is 10.00. The molecular weight excluding hydrogens is 496 g/mol. The zero-order valence-corrected chi connectivity index (χ0v) is 19.5. The number of carbonyl (C=O) groups excluding carboxylic acids is 1.